The largest absolute Gasteiger partial charge is 0.457 e. The number of hydrogen-bond donors (Lipinski definition) is 3. The molecule has 1 aliphatic rings. The van der Waals surface area contributed by atoms with E-state index in [0.717, 1.165) is 38.1 Å². The number of likely N-dealkylation sites (tertiary alicyclic amines) is 1. The molecule has 16 nitrogen and oxygen atoms in total. The summed E-state index contributed by atoms with van der Waals surface area (Å²) in [5.74, 6) is 2.88. The molecule has 62 heavy (non-hydrogen) atoms. The van der Waals surface area contributed by atoms with Gasteiger partial charge in [-0.05, 0) is 104 Å². The number of urea groups is 1. The first-order valence-corrected chi connectivity index (χ1v) is 18.4. The van der Waals surface area contributed by atoms with E-state index in [-0.39, 0.29) is 39.1 Å². The molecular formula is C43H45F3N10O6. The van der Waals surface area contributed by atoms with Crippen molar-refractivity contribution in [3.05, 3.63) is 127 Å². The number of alkyl halides is 3. The Hall–Kier alpha value is -7.38. The average molecular weight is 855 g/mol. The van der Waals surface area contributed by atoms with Gasteiger partial charge in [0.15, 0.2) is 0 Å². The van der Waals surface area contributed by atoms with Gasteiger partial charge < -0.3 is 44.3 Å². The molecule has 324 valence electrons. The molecule has 0 atom stereocenters. The zero-order valence-electron chi connectivity index (χ0n) is 31.9. The van der Waals surface area contributed by atoms with Gasteiger partial charge in [-0.3, -0.25) is 9.97 Å². The minimum atomic E-state index is -4.58. The minimum absolute atomic E-state index is 0. The summed E-state index contributed by atoms with van der Waals surface area (Å²) in [5, 5.41) is 19.9. The van der Waals surface area contributed by atoms with E-state index in [1.165, 1.54) is 25.1 Å². The second-order valence-electron chi connectivity index (χ2n) is 13.3. The fourth-order valence-electron chi connectivity index (χ4n) is 5.84. The Balaban J connectivity index is 0.000000289. The molecule has 8 rings (SSSR count). The number of hydrogen-bond acceptors (Lipinski definition) is 14. The molecule has 1 aliphatic heterocycles. The van der Waals surface area contributed by atoms with E-state index >= 15 is 0 Å². The number of nitrogen functional groups attached to an aromatic ring is 1. The van der Waals surface area contributed by atoms with Gasteiger partial charge in [0.2, 0.25) is 12.8 Å². The van der Waals surface area contributed by atoms with E-state index in [4.69, 9.17) is 28.8 Å². The highest BCUT2D eigenvalue weighted by molar-refractivity contribution is 5.99. The molecule has 5 heterocycles. The molecule has 19 heteroatoms. The zero-order valence-corrected chi connectivity index (χ0v) is 31.9. The number of amides is 2. The fraction of sp³-hybridized carbons (Fsp3) is 0.233. The molecule has 0 aliphatic carbocycles. The fourth-order valence-corrected chi connectivity index (χ4v) is 5.84. The number of halogens is 3. The summed E-state index contributed by atoms with van der Waals surface area (Å²) >= 11 is 0. The van der Waals surface area contributed by atoms with Crippen molar-refractivity contribution in [1.29, 1.82) is 0 Å². The van der Waals surface area contributed by atoms with Crippen molar-refractivity contribution in [2.75, 3.05) is 36.5 Å². The Labute approximate surface area is 355 Å². The number of aromatic nitrogens is 6. The van der Waals surface area contributed by atoms with E-state index in [9.17, 15) is 18.0 Å². The van der Waals surface area contributed by atoms with Crippen LogP contribution in [-0.2, 0) is 17.5 Å². The monoisotopic (exact) mass is 854 g/mol. The lowest BCUT2D eigenvalue weighted by Crippen LogP contribution is -2.34. The lowest BCUT2D eigenvalue weighted by Gasteiger charge is -2.29. The molecule has 0 radical (unpaired) electrons. The van der Waals surface area contributed by atoms with Crippen molar-refractivity contribution >= 4 is 23.1 Å². The molecule has 4 N–H and O–H groups in total. The Bertz CT molecular complexity index is 2450. The number of carbonyl (C=O) groups excluding carboxylic acids is 1. The highest BCUT2D eigenvalue weighted by Gasteiger charge is 2.31. The van der Waals surface area contributed by atoms with Crippen molar-refractivity contribution in [1.82, 2.24) is 35.3 Å². The number of carbonyl (C=O) groups is 1. The summed E-state index contributed by atoms with van der Waals surface area (Å²) in [6.45, 7) is 1.77. The highest BCUT2D eigenvalue weighted by atomic mass is 19.4. The second-order valence-corrected chi connectivity index (χ2v) is 13.3. The van der Waals surface area contributed by atoms with Gasteiger partial charge in [0.05, 0.1) is 18.3 Å². The van der Waals surface area contributed by atoms with Crippen LogP contribution in [-0.4, -0.2) is 67.5 Å². The van der Waals surface area contributed by atoms with Gasteiger partial charge in [-0.1, -0.05) is 14.9 Å². The van der Waals surface area contributed by atoms with Crippen LogP contribution < -0.4 is 25.8 Å². The van der Waals surface area contributed by atoms with Crippen LogP contribution in [0, 0.1) is 0 Å². The van der Waals surface area contributed by atoms with E-state index in [1.807, 2.05) is 7.05 Å². The Morgan fingerprint density at radius 2 is 1.27 bits per heavy atom. The number of anilines is 3. The quantitative estimate of drug-likeness (QED) is 0.104. The van der Waals surface area contributed by atoms with E-state index in [2.05, 4.69) is 45.9 Å². The van der Waals surface area contributed by atoms with Crippen LogP contribution in [0.2, 0.25) is 0 Å². The summed E-state index contributed by atoms with van der Waals surface area (Å²) in [6, 6.07) is 23.1. The molecule has 4 aromatic heterocycles. The number of rotatable bonds is 11. The highest BCUT2D eigenvalue weighted by Crippen LogP contribution is 2.33. The Morgan fingerprint density at radius 1 is 0.742 bits per heavy atom. The standard InChI is InChI=1S/C28H27F3N6O4.C13H10N4O2.2CH4/c1-37-10-7-22(8-11-37)39-16-18-12-19(28(29,30)31)14-21(13-18)35-27(38)34-20-2-4-23(5-3-20)41-24-6-9-32-25(15-24)26-36-33-17-40-26;14-9-1-3-10(4-2-9)19-11-5-6-15-12(7-11)13-17-16-8-18-13;;/h2-6,9,12-15,17,22H,7-8,10-11,16H2,1H3,(H2,34,35,38);1-8H,14H2;2*1H4. The van der Waals surface area contributed by atoms with Gasteiger partial charge in [-0.2, -0.15) is 13.2 Å². The topological polar surface area (TPSA) is 202 Å². The molecule has 2 amide bonds. The molecule has 0 saturated carbocycles. The predicted octanol–water partition coefficient (Wildman–Crippen LogP) is 9.98. The predicted molar refractivity (Wildman–Crippen MR) is 225 cm³/mol. The smallest absolute Gasteiger partial charge is 0.416 e. The zero-order chi connectivity index (χ0) is 41.9. The van der Waals surface area contributed by atoms with Crippen LogP contribution in [0.25, 0.3) is 23.2 Å². The van der Waals surface area contributed by atoms with E-state index < -0.39 is 17.8 Å². The molecule has 7 aromatic rings. The first-order chi connectivity index (χ1) is 29.0. The number of benzene rings is 3. The number of nitrogens with one attached hydrogen (secondary N) is 2. The molecule has 1 saturated heterocycles. The van der Waals surface area contributed by atoms with Gasteiger partial charge in [0.1, 0.15) is 34.4 Å². The average Bonchev–Trinajstić information content (AvgIpc) is 3.99. The molecule has 0 spiro atoms. The van der Waals surface area contributed by atoms with E-state index in [1.54, 1.807) is 79.0 Å². The van der Waals surface area contributed by atoms with Gasteiger partial charge in [-0.15, -0.1) is 20.4 Å². The summed E-state index contributed by atoms with van der Waals surface area (Å²) in [7, 11) is 2.02. The lowest BCUT2D eigenvalue weighted by molar-refractivity contribution is -0.137. The van der Waals surface area contributed by atoms with Gasteiger partial charge in [0.25, 0.3) is 11.8 Å². The molecule has 3 aromatic carbocycles. The lowest BCUT2D eigenvalue weighted by atomic mass is 10.1. The Morgan fingerprint density at radius 3 is 1.79 bits per heavy atom. The summed E-state index contributed by atoms with van der Waals surface area (Å²) in [5.41, 5.74) is 7.19. The van der Waals surface area contributed by atoms with Crippen LogP contribution >= 0.6 is 0 Å². The number of ether oxygens (including phenoxy) is 3. The second kappa shape index (κ2) is 21.2. The minimum Gasteiger partial charge on any atom is -0.457 e. The van der Waals surface area contributed by atoms with Crippen molar-refractivity contribution in [3.63, 3.8) is 0 Å². The molecule has 0 bridgehead atoms. The van der Waals surface area contributed by atoms with Crippen LogP contribution in [0.15, 0.2) is 125 Å². The Kier molecular flexibility index (Phi) is 15.7. The van der Waals surface area contributed by atoms with Gasteiger partial charge in [-0.25, -0.2) is 4.79 Å². The van der Waals surface area contributed by atoms with Crippen LogP contribution in [0.4, 0.5) is 35.0 Å². The molecule has 0 unspecified atom stereocenters. The maximum Gasteiger partial charge on any atom is 0.416 e. The van der Waals surface area contributed by atoms with E-state index in [0.29, 0.717) is 57.2 Å². The SMILES string of the molecule is C.C.CN1CCC(OCc2cc(NC(=O)Nc3ccc(Oc4ccnc(-c5nnco5)c4)cc3)cc(C(F)(F)F)c2)CC1.Nc1ccc(Oc2ccnc(-c3nnco3)c2)cc1. The number of pyridine rings is 2. The first-order valence-electron chi connectivity index (χ1n) is 18.4. The van der Waals surface area contributed by atoms with Crippen LogP contribution in [0.1, 0.15) is 38.8 Å². The van der Waals surface area contributed by atoms with Crippen molar-refractivity contribution in [2.45, 2.75) is 46.6 Å². The molecular weight excluding hydrogens is 810 g/mol. The third-order valence-corrected chi connectivity index (χ3v) is 8.81. The number of nitrogens with two attached hydrogens (primary N) is 1. The maximum absolute atomic E-state index is 13.6. The normalized spacial score (nSPS) is 12.8. The van der Waals surface area contributed by atoms with Crippen molar-refractivity contribution < 1.29 is 41.0 Å². The summed E-state index contributed by atoms with van der Waals surface area (Å²) in [6.07, 6.45) is 2.65. The van der Waals surface area contributed by atoms with Crippen molar-refractivity contribution in [2.24, 2.45) is 0 Å². The maximum atomic E-state index is 13.6. The third kappa shape index (κ3) is 13.1. The number of nitrogens with zero attached hydrogens (tertiary/aromatic N) is 7. The third-order valence-electron chi connectivity index (χ3n) is 8.81. The first kappa shape index (κ1) is 45.7. The van der Waals surface area contributed by atoms with Crippen LogP contribution in [0.5, 0.6) is 23.0 Å². The molecule has 1 fully saturated rings. The number of piperidine rings is 1. The van der Waals surface area contributed by atoms with Crippen molar-refractivity contribution in [3.8, 4) is 46.2 Å². The van der Waals surface area contributed by atoms with Crippen LogP contribution in [0.3, 0.4) is 0 Å². The van der Waals surface area contributed by atoms with Gasteiger partial charge >= 0.3 is 12.2 Å². The summed E-state index contributed by atoms with van der Waals surface area (Å²) < 4.78 is 68.3. The summed E-state index contributed by atoms with van der Waals surface area (Å²) in [4.78, 5) is 23.1. The van der Waals surface area contributed by atoms with Gasteiger partial charge in [0, 0.05) is 54.7 Å².